The Bertz CT molecular complexity index is 1330. The molecule has 42 heavy (non-hydrogen) atoms. The molecule has 1 N–H and O–H groups in total. The normalized spacial score (nSPS) is 24.4. The minimum atomic E-state index is -0.758. The second kappa shape index (κ2) is 12.4. The Hall–Kier alpha value is -3.50. The number of ether oxygens (including phenoxy) is 4. The van der Waals surface area contributed by atoms with E-state index >= 15 is 0 Å². The topological polar surface area (TPSA) is 86.3 Å². The second-order valence-electron chi connectivity index (χ2n) is 12.1. The number of amides is 2. The van der Waals surface area contributed by atoms with E-state index in [9.17, 15) is 18.4 Å². The molecule has 2 aromatic carbocycles. The minimum Gasteiger partial charge on any atom is -0.485 e. The van der Waals surface area contributed by atoms with Crippen molar-refractivity contribution in [1.82, 2.24) is 10.2 Å². The lowest BCUT2D eigenvalue weighted by molar-refractivity contribution is -0.137. The molecule has 2 amide bonds. The van der Waals surface area contributed by atoms with Crippen LogP contribution in [0.1, 0.15) is 57.6 Å². The summed E-state index contributed by atoms with van der Waals surface area (Å²) >= 11 is 0. The number of morpholine rings is 1. The van der Waals surface area contributed by atoms with Gasteiger partial charge in [0.25, 0.3) is 0 Å². The van der Waals surface area contributed by atoms with E-state index in [1.165, 1.54) is 6.07 Å². The van der Waals surface area contributed by atoms with Crippen LogP contribution < -0.4 is 10.1 Å². The monoisotopic (exact) mass is 584 g/mol. The van der Waals surface area contributed by atoms with Crippen molar-refractivity contribution in [2.75, 3.05) is 26.4 Å². The Kier molecular flexibility index (Phi) is 8.84. The van der Waals surface area contributed by atoms with Crippen molar-refractivity contribution in [2.45, 2.75) is 76.3 Å². The fraction of sp³-hybridized carbons (Fsp3) is 0.500. The van der Waals surface area contributed by atoms with Gasteiger partial charge in [-0.3, -0.25) is 4.79 Å². The van der Waals surface area contributed by atoms with Gasteiger partial charge in [0.15, 0.2) is 11.6 Å². The Morgan fingerprint density at radius 2 is 1.98 bits per heavy atom. The van der Waals surface area contributed by atoms with E-state index in [0.29, 0.717) is 37.8 Å². The zero-order chi connectivity index (χ0) is 29.9. The lowest BCUT2D eigenvalue weighted by Gasteiger charge is -2.41. The van der Waals surface area contributed by atoms with Crippen molar-refractivity contribution in [3.63, 3.8) is 0 Å². The van der Waals surface area contributed by atoms with Gasteiger partial charge in [-0.05, 0) is 63.7 Å². The van der Waals surface area contributed by atoms with Gasteiger partial charge in [-0.1, -0.05) is 36.4 Å². The van der Waals surface area contributed by atoms with Crippen LogP contribution in [0.25, 0.3) is 5.57 Å². The molecule has 1 aliphatic carbocycles. The number of hydrogen-bond acceptors (Lipinski definition) is 6. The van der Waals surface area contributed by atoms with Gasteiger partial charge < -0.3 is 29.2 Å². The van der Waals surface area contributed by atoms with E-state index in [4.69, 9.17) is 18.9 Å². The summed E-state index contributed by atoms with van der Waals surface area (Å²) in [5, 5.41) is 3.06. The van der Waals surface area contributed by atoms with Gasteiger partial charge in [-0.15, -0.1) is 0 Å². The molecule has 1 unspecified atom stereocenters. The van der Waals surface area contributed by atoms with Crippen LogP contribution in [0, 0.1) is 11.6 Å². The molecular weight excluding hydrogens is 546 g/mol. The summed E-state index contributed by atoms with van der Waals surface area (Å²) < 4.78 is 52.5. The van der Waals surface area contributed by atoms with Crippen molar-refractivity contribution < 1.29 is 37.3 Å². The molecule has 8 nitrogen and oxygen atoms in total. The first-order valence-electron chi connectivity index (χ1n) is 14.4. The molecule has 2 saturated heterocycles. The van der Waals surface area contributed by atoms with Gasteiger partial charge >= 0.3 is 6.09 Å². The molecule has 2 fully saturated rings. The third kappa shape index (κ3) is 6.93. The molecule has 3 atom stereocenters. The van der Waals surface area contributed by atoms with E-state index in [2.05, 4.69) is 5.32 Å². The Balaban J connectivity index is 1.28. The first-order valence-corrected chi connectivity index (χ1v) is 14.4. The molecule has 226 valence electrons. The van der Waals surface area contributed by atoms with Crippen LogP contribution in [0.4, 0.5) is 13.6 Å². The van der Waals surface area contributed by atoms with E-state index in [-0.39, 0.29) is 44.2 Å². The number of carbonyl (C=O) groups is 2. The van der Waals surface area contributed by atoms with Crippen LogP contribution in [0.15, 0.2) is 48.5 Å². The van der Waals surface area contributed by atoms with Gasteiger partial charge in [0, 0.05) is 18.2 Å². The maximum Gasteiger partial charge on any atom is 0.410 e. The number of halogens is 2. The highest BCUT2D eigenvalue weighted by Crippen LogP contribution is 2.38. The van der Waals surface area contributed by atoms with E-state index < -0.39 is 34.9 Å². The predicted molar refractivity (Wildman–Crippen MR) is 152 cm³/mol. The van der Waals surface area contributed by atoms with Crippen LogP contribution in [0.2, 0.25) is 0 Å². The van der Waals surface area contributed by atoms with Crippen molar-refractivity contribution in [1.29, 1.82) is 0 Å². The van der Waals surface area contributed by atoms with Gasteiger partial charge in [0.05, 0.1) is 30.9 Å². The summed E-state index contributed by atoms with van der Waals surface area (Å²) in [5.74, 6) is -1.61. The smallest absolute Gasteiger partial charge is 0.410 e. The largest absolute Gasteiger partial charge is 0.485 e. The summed E-state index contributed by atoms with van der Waals surface area (Å²) in [5.41, 5.74) is 0.635. The SMILES string of the molecule is CC(C)(C)OC(=O)N1CC[C@@]2(COCC(=O)N2)[C@@H]1COC1CC=C(c2cc(F)cc(F)c2OCc2ccccc2)CC1. The van der Waals surface area contributed by atoms with Crippen LogP contribution in [-0.2, 0) is 25.6 Å². The predicted octanol–water partition coefficient (Wildman–Crippen LogP) is 5.39. The maximum atomic E-state index is 14.8. The lowest BCUT2D eigenvalue weighted by Crippen LogP contribution is -2.65. The molecule has 2 heterocycles. The van der Waals surface area contributed by atoms with Crippen LogP contribution in [0.3, 0.4) is 0 Å². The van der Waals surface area contributed by atoms with Gasteiger partial charge in [0.2, 0.25) is 5.91 Å². The third-order valence-electron chi connectivity index (χ3n) is 7.85. The number of nitrogens with zero attached hydrogens (tertiary/aromatic N) is 1. The first kappa shape index (κ1) is 30.0. The number of likely N-dealkylation sites (tertiary alicyclic amines) is 1. The number of hydrogen-bond donors (Lipinski definition) is 1. The molecule has 2 aromatic rings. The Morgan fingerprint density at radius 1 is 1.19 bits per heavy atom. The Labute approximate surface area is 244 Å². The molecule has 10 heteroatoms. The number of allylic oxidation sites excluding steroid dienone is 1. The zero-order valence-corrected chi connectivity index (χ0v) is 24.3. The van der Waals surface area contributed by atoms with Gasteiger partial charge in [-0.25, -0.2) is 13.6 Å². The van der Waals surface area contributed by atoms with Crippen molar-refractivity contribution >= 4 is 17.6 Å². The molecule has 0 bridgehead atoms. The average Bonchev–Trinajstić information content (AvgIpc) is 3.27. The van der Waals surface area contributed by atoms with E-state index in [0.717, 1.165) is 17.2 Å². The zero-order valence-electron chi connectivity index (χ0n) is 24.3. The third-order valence-corrected chi connectivity index (χ3v) is 7.85. The highest BCUT2D eigenvalue weighted by molar-refractivity contribution is 5.79. The molecule has 0 saturated carbocycles. The second-order valence-corrected chi connectivity index (χ2v) is 12.1. The maximum absolute atomic E-state index is 14.8. The Morgan fingerprint density at radius 3 is 2.67 bits per heavy atom. The summed E-state index contributed by atoms with van der Waals surface area (Å²) in [6, 6.07) is 11.1. The molecule has 1 spiro atoms. The quantitative estimate of drug-likeness (QED) is 0.470. The first-order chi connectivity index (χ1) is 20.0. The average molecular weight is 585 g/mol. The molecule has 2 aliphatic heterocycles. The van der Waals surface area contributed by atoms with E-state index in [1.807, 2.05) is 57.2 Å². The number of carbonyl (C=O) groups excluding carboxylic acids is 2. The molecule has 5 rings (SSSR count). The minimum absolute atomic E-state index is 0.0182. The van der Waals surface area contributed by atoms with Crippen LogP contribution in [0.5, 0.6) is 5.75 Å². The summed E-state index contributed by atoms with van der Waals surface area (Å²) in [4.78, 5) is 27.0. The molecule has 0 radical (unpaired) electrons. The fourth-order valence-corrected chi connectivity index (χ4v) is 5.83. The number of benzene rings is 2. The fourth-order valence-electron chi connectivity index (χ4n) is 5.83. The van der Waals surface area contributed by atoms with Crippen molar-refractivity contribution in [3.8, 4) is 5.75 Å². The summed E-state index contributed by atoms with van der Waals surface area (Å²) in [6.07, 6.45) is 3.46. The van der Waals surface area contributed by atoms with Crippen molar-refractivity contribution in [2.24, 2.45) is 0 Å². The van der Waals surface area contributed by atoms with Crippen LogP contribution >= 0.6 is 0 Å². The van der Waals surface area contributed by atoms with Crippen LogP contribution in [-0.4, -0.2) is 66.6 Å². The highest BCUT2D eigenvalue weighted by atomic mass is 19.1. The lowest BCUT2D eigenvalue weighted by atomic mass is 9.89. The van der Waals surface area contributed by atoms with Gasteiger partial charge in [-0.2, -0.15) is 0 Å². The summed E-state index contributed by atoms with van der Waals surface area (Å²) in [7, 11) is 0. The van der Waals surface area contributed by atoms with E-state index in [1.54, 1.807) is 4.90 Å². The standard InChI is InChI=1S/C32H38F2N2O6/c1-31(2,3)42-30(38)36-14-13-32(20-39-19-28(37)35-32)27(36)18-40-24-11-9-22(10-12-24)25-15-23(33)16-26(34)29(25)41-17-21-7-5-4-6-8-21/h4-9,15-16,24,27H,10-14,17-20H2,1-3H3,(H,35,37)/t24?,27-,32+/m0/s1. The number of nitrogens with one attached hydrogen (secondary N) is 1. The van der Waals surface area contributed by atoms with Crippen molar-refractivity contribution in [3.05, 3.63) is 71.3 Å². The highest BCUT2D eigenvalue weighted by Gasteiger charge is 2.53. The summed E-state index contributed by atoms with van der Waals surface area (Å²) in [6.45, 7) is 6.42. The molecule has 3 aliphatic rings. The molecule has 0 aromatic heterocycles. The van der Waals surface area contributed by atoms with Gasteiger partial charge in [0.1, 0.15) is 24.6 Å². The number of rotatable bonds is 7. The molecular formula is C32H38F2N2O6.